The molecule has 0 atom stereocenters. The smallest absolute Gasteiger partial charge is 0.404 e. The Morgan fingerprint density at radius 2 is 2.06 bits per heavy atom. The molecule has 0 bridgehead atoms. The van der Waals surface area contributed by atoms with Crippen molar-refractivity contribution in [2.45, 2.75) is 20.3 Å². The van der Waals surface area contributed by atoms with Crippen LogP contribution in [-0.2, 0) is 4.74 Å². The van der Waals surface area contributed by atoms with E-state index < -0.39 is 6.09 Å². The fourth-order valence-electron chi connectivity index (χ4n) is 1.01. The van der Waals surface area contributed by atoms with E-state index in [1.54, 1.807) is 0 Å². The van der Waals surface area contributed by atoms with Crippen LogP contribution in [0.2, 0.25) is 0 Å². The molecule has 0 aliphatic rings. The van der Waals surface area contributed by atoms with Crippen LogP contribution in [-0.4, -0.2) is 36.8 Å². The third-order valence-corrected chi connectivity index (χ3v) is 2.25. The Kier molecular flexibility index (Phi) is 6.24. The number of carbonyl (C=O) groups is 1. The third kappa shape index (κ3) is 6.07. The molecule has 0 aliphatic carbocycles. The molecule has 6 N–H and O–H groups in total. The minimum Gasteiger partial charge on any atom is -0.448 e. The zero-order valence-corrected chi connectivity index (χ0v) is 9.69. The second-order valence-electron chi connectivity index (χ2n) is 4.04. The fraction of sp³-hybridized carbons (Fsp3) is 0.778. The van der Waals surface area contributed by atoms with Gasteiger partial charge in [0, 0.05) is 12.0 Å². The van der Waals surface area contributed by atoms with Gasteiger partial charge in [-0.1, -0.05) is 19.0 Å². The quantitative estimate of drug-likeness (QED) is 0.160. The summed E-state index contributed by atoms with van der Waals surface area (Å²) < 4.78 is 4.53. The Balaban J connectivity index is 3.62. The number of oxime groups is 1. The molecule has 0 aromatic carbocycles. The minimum atomic E-state index is -0.779. The van der Waals surface area contributed by atoms with E-state index >= 15 is 0 Å². The Morgan fingerprint density at radius 3 is 2.56 bits per heavy atom. The normalized spacial score (nSPS) is 12.5. The molecule has 1 amide bonds. The maximum Gasteiger partial charge on any atom is 0.404 e. The predicted molar refractivity (Wildman–Crippen MR) is 60.2 cm³/mol. The number of nitrogens with one attached hydrogen (secondary N) is 1. The van der Waals surface area contributed by atoms with Crippen molar-refractivity contribution >= 4 is 11.9 Å². The van der Waals surface area contributed by atoms with Gasteiger partial charge in [0.15, 0.2) is 0 Å². The van der Waals surface area contributed by atoms with Gasteiger partial charge in [0.2, 0.25) is 0 Å². The average Bonchev–Trinajstić information content (AvgIpc) is 2.21. The number of amides is 1. The van der Waals surface area contributed by atoms with Crippen LogP contribution < -0.4 is 16.8 Å². The molecule has 0 saturated carbocycles. The first kappa shape index (κ1) is 14.5. The molecule has 0 rings (SSSR count). The van der Waals surface area contributed by atoms with Gasteiger partial charge < -0.3 is 26.7 Å². The number of carbonyl (C=O) groups excluding carboxylic acids is 1. The largest absolute Gasteiger partial charge is 0.448 e. The van der Waals surface area contributed by atoms with Gasteiger partial charge in [-0.3, -0.25) is 0 Å². The second kappa shape index (κ2) is 6.89. The summed E-state index contributed by atoms with van der Waals surface area (Å²) in [6.07, 6.45) is -0.0711. The summed E-state index contributed by atoms with van der Waals surface area (Å²) in [7, 11) is 0. The van der Waals surface area contributed by atoms with Crippen LogP contribution in [0, 0.1) is 5.41 Å². The average molecular weight is 232 g/mol. The van der Waals surface area contributed by atoms with E-state index in [-0.39, 0.29) is 17.9 Å². The Morgan fingerprint density at radius 1 is 1.44 bits per heavy atom. The predicted octanol–water partition coefficient (Wildman–Crippen LogP) is -0.166. The maximum atomic E-state index is 10.2. The first-order valence-electron chi connectivity index (χ1n) is 5.01. The molecule has 7 heteroatoms. The van der Waals surface area contributed by atoms with Crippen molar-refractivity contribution in [3.63, 3.8) is 0 Å². The summed E-state index contributed by atoms with van der Waals surface area (Å²) in [5.41, 5.74) is 9.93. The van der Waals surface area contributed by atoms with Gasteiger partial charge in [-0.15, -0.1) is 0 Å². The van der Waals surface area contributed by atoms with Gasteiger partial charge >= 0.3 is 6.09 Å². The lowest BCUT2D eigenvalue weighted by atomic mass is 9.88. The topological polar surface area (TPSA) is 123 Å². The van der Waals surface area contributed by atoms with Crippen molar-refractivity contribution < 1.29 is 14.7 Å². The number of primary amides is 1. The van der Waals surface area contributed by atoms with E-state index in [9.17, 15) is 4.79 Å². The van der Waals surface area contributed by atoms with Crippen LogP contribution in [0.5, 0.6) is 0 Å². The van der Waals surface area contributed by atoms with Gasteiger partial charge in [0.05, 0.1) is 0 Å². The summed E-state index contributed by atoms with van der Waals surface area (Å²) in [4.78, 5) is 10.2. The summed E-state index contributed by atoms with van der Waals surface area (Å²) in [6, 6.07) is 0. The van der Waals surface area contributed by atoms with E-state index in [1.807, 2.05) is 13.8 Å². The molecule has 0 spiro atoms. The summed E-state index contributed by atoms with van der Waals surface area (Å²) in [5, 5.41) is 14.6. The van der Waals surface area contributed by atoms with E-state index in [0.29, 0.717) is 19.5 Å². The fourth-order valence-corrected chi connectivity index (χ4v) is 1.01. The number of nitrogens with zero attached hydrogens (tertiary/aromatic N) is 1. The molecule has 0 aromatic rings. The molecule has 0 radical (unpaired) electrons. The van der Waals surface area contributed by atoms with E-state index in [0.717, 1.165) is 0 Å². The van der Waals surface area contributed by atoms with Crippen molar-refractivity contribution in [1.82, 2.24) is 5.32 Å². The third-order valence-electron chi connectivity index (χ3n) is 2.25. The highest BCUT2D eigenvalue weighted by molar-refractivity contribution is 5.85. The monoisotopic (exact) mass is 232 g/mol. The highest BCUT2D eigenvalue weighted by Crippen LogP contribution is 2.19. The lowest BCUT2D eigenvalue weighted by molar-refractivity contribution is 0.157. The minimum absolute atomic E-state index is 0.197. The highest BCUT2D eigenvalue weighted by atomic mass is 16.5. The Hall–Kier alpha value is -1.50. The second-order valence-corrected chi connectivity index (χ2v) is 4.04. The van der Waals surface area contributed by atoms with Crippen LogP contribution in [0.3, 0.4) is 0 Å². The lowest BCUT2D eigenvalue weighted by Crippen LogP contribution is -2.35. The first-order valence-corrected chi connectivity index (χ1v) is 5.01. The van der Waals surface area contributed by atoms with Crippen molar-refractivity contribution in [2.75, 3.05) is 19.7 Å². The Labute approximate surface area is 94.8 Å². The molecular weight excluding hydrogens is 212 g/mol. The van der Waals surface area contributed by atoms with E-state index in [2.05, 4.69) is 15.2 Å². The SMILES string of the molecule is CC(C)(CCNCCOC(N)=O)C(N)=NO. The van der Waals surface area contributed by atoms with Gasteiger partial charge in [-0.2, -0.15) is 0 Å². The molecule has 7 nitrogen and oxygen atoms in total. The summed E-state index contributed by atoms with van der Waals surface area (Å²) in [6.45, 7) is 5.19. The van der Waals surface area contributed by atoms with Crippen molar-refractivity contribution in [1.29, 1.82) is 0 Å². The lowest BCUT2D eigenvalue weighted by Gasteiger charge is -2.22. The number of nitrogens with two attached hydrogens (primary N) is 2. The molecular formula is C9H20N4O3. The van der Waals surface area contributed by atoms with Crippen LogP contribution in [0.1, 0.15) is 20.3 Å². The molecule has 94 valence electrons. The number of ether oxygens (including phenoxy) is 1. The van der Waals surface area contributed by atoms with Gasteiger partial charge in [-0.25, -0.2) is 4.79 Å². The molecule has 0 unspecified atom stereocenters. The van der Waals surface area contributed by atoms with Crippen molar-refractivity contribution in [3.05, 3.63) is 0 Å². The van der Waals surface area contributed by atoms with E-state index in [1.165, 1.54) is 0 Å². The summed E-state index contributed by atoms with van der Waals surface area (Å²) in [5.74, 6) is 0.197. The summed E-state index contributed by atoms with van der Waals surface area (Å²) >= 11 is 0. The molecule has 0 fully saturated rings. The first-order chi connectivity index (χ1) is 7.40. The number of rotatable bonds is 7. The van der Waals surface area contributed by atoms with Gasteiger partial charge in [0.1, 0.15) is 12.4 Å². The van der Waals surface area contributed by atoms with Gasteiger partial charge in [0.25, 0.3) is 0 Å². The number of amidine groups is 1. The molecule has 0 aromatic heterocycles. The zero-order valence-electron chi connectivity index (χ0n) is 9.69. The van der Waals surface area contributed by atoms with Crippen LogP contribution in [0.25, 0.3) is 0 Å². The molecule has 16 heavy (non-hydrogen) atoms. The van der Waals surface area contributed by atoms with Crippen LogP contribution >= 0.6 is 0 Å². The van der Waals surface area contributed by atoms with Gasteiger partial charge in [-0.05, 0) is 13.0 Å². The van der Waals surface area contributed by atoms with Crippen molar-refractivity contribution in [2.24, 2.45) is 22.0 Å². The Bertz CT molecular complexity index is 253. The maximum absolute atomic E-state index is 10.2. The number of hydrogen-bond donors (Lipinski definition) is 4. The van der Waals surface area contributed by atoms with Crippen LogP contribution in [0.15, 0.2) is 5.16 Å². The van der Waals surface area contributed by atoms with Crippen LogP contribution in [0.4, 0.5) is 4.79 Å². The number of hydrogen-bond acceptors (Lipinski definition) is 5. The molecule has 0 saturated heterocycles. The molecule has 0 aliphatic heterocycles. The molecule has 0 heterocycles. The standard InChI is InChI=1S/C9H20N4O3/c1-9(2,7(10)13-15)3-4-12-5-6-16-8(11)14/h12,15H,3-6H2,1-2H3,(H2,10,13)(H2,11,14). The zero-order chi connectivity index (χ0) is 12.6. The van der Waals surface area contributed by atoms with E-state index in [4.69, 9.17) is 16.7 Å². The highest BCUT2D eigenvalue weighted by Gasteiger charge is 2.22. The van der Waals surface area contributed by atoms with Crippen molar-refractivity contribution in [3.8, 4) is 0 Å².